The minimum atomic E-state index is -0.907. The first-order valence-corrected chi connectivity index (χ1v) is 13.3. The average molecular weight is 462 g/mol. The van der Waals surface area contributed by atoms with Gasteiger partial charge in [0.05, 0.1) is 12.2 Å². The Balaban J connectivity index is 2.02. The number of carbonyl (C=O) groups is 2. The molecule has 188 valence electrons. The smallest absolute Gasteiger partial charge is 0.347 e. The van der Waals surface area contributed by atoms with Gasteiger partial charge in [0, 0.05) is 12.2 Å². The van der Waals surface area contributed by atoms with Gasteiger partial charge in [-0.1, -0.05) is 90.4 Å². The zero-order valence-corrected chi connectivity index (χ0v) is 21.3. The minimum absolute atomic E-state index is 0.264. The highest BCUT2D eigenvalue weighted by molar-refractivity contribution is 5.91. The van der Waals surface area contributed by atoms with E-state index >= 15 is 0 Å². The lowest BCUT2D eigenvalue weighted by atomic mass is 10.0. The molecule has 0 amide bonds. The quantitative estimate of drug-likeness (QED) is 0.159. The highest BCUT2D eigenvalue weighted by Gasteiger charge is 2.19. The summed E-state index contributed by atoms with van der Waals surface area (Å²) in [6.07, 6.45) is 18.2. The summed E-state index contributed by atoms with van der Waals surface area (Å²) in [4.78, 5) is 23.7. The van der Waals surface area contributed by atoms with Gasteiger partial charge in [-0.15, -0.1) is 0 Å². The Morgan fingerprint density at radius 2 is 1.24 bits per heavy atom. The van der Waals surface area contributed by atoms with Crippen LogP contribution < -0.4 is 5.32 Å². The molecule has 0 aliphatic rings. The molecule has 0 aliphatic carbocycles. The molecule has 0 aromatic heterocycles. The lowest BCUT2D eigenvalue weighted by molar-refractivity contribution is -0.152. The van der Waals surface area contributed by atoms with Gasteiger partial charge in [0.25, 0.3) is 0 Å². The monoisotopic (exact) mass is 461 g/mol. The molecule has 1 aromatic rings. The lowest BCUT2D eigenvalue weighted by Gasteiger charge is -2.12. The van der Waals surface area contributed by atoms with Gasteiger partial charge in [-0.05, 0) is 44.5 Å². The van der Waals surface area contributed by atoms with Crippen molar-refractivity contribution in [3.63, 3.8) is 0 Å². The van der Waals surface area contributed by atoms with Crippen LogP contribution in [-0.2, 0) is 14.3 Å². The van der Waals surface area contributed by atoms with E-state index in [4.69, 9.17) is 9.47 Å². The summed E-state index contributed by atoms with van der Waals surface area (Å²) in [7, 11) is 0. The van der Waals surface area contributed by atoms with Crippen LogP contribution in [0, 0.1) is 0 Å². The molecular formula is C28H47NO4. The van der Waals surface area contributed by atoms with E-state index < -0.39 is 18.0 Å². The third-order valence-corrected chi connectivity index (χ3v) is 5.88. The summed E-state index contributed by atoms with van der Waals surface area (Å²) in [5, 5.41) is 3.40. The molecule has 1 N–H and O–H groups in total. The number of anilines is 1. The Morgan fingerprint density at radius 3 is 1.73 bits per heavy atom. The number of hydrogen-bond donors (Lipinski definition) is 1. The normalized spacial score (nSPS) is 11.7. The number of nitrogens with one attached hydrogen (secondary N) is 1. The predicted octanol–water partition coefficient (Wildman–Crippen LogP) is 7.69. The Labute approximate surface area is 202 Å². The minimum Gasteiger partial charge on any atom is -0.463 e. The number of ether oxygens (including phenoxy) is 2. The Morgan fingerprint density at radius 1 is 0.758 bits per heavy atom. The fourth-order valence-corrected chi connectivity index (χ4v) is 3.81. The van der Waals surface area contributed by atoms with Gasteiger partial charge in [0.1, 0.15) is 0 Å². The van der Waals surface area contributed by atoms with E-state index in [2.05, 4.69) is 12.2 Å². The molecule has 5 heteroatoms. The maximum Gasteiger partial charge on any atom is 0.347 e. The maximum absolute atomic E-state index is 12.1. The van der Waals surface area contributed by atoms with Crippen LogP contribution in [0.4, 0.5) is 5.69 Å². The van der Waals surface area contributed by atoms with Gasteiger partial charge in [0.15, 0.2) is 6.10 Å². The van der Waals surface area contributed by atoms with Crippen LogP contribution in [-0.4, -0.2) is 31.2 Å². The van der Waals surface area contributed by atoms with Crippen LogP contribution in [0.2, 0.25) is 0 Å². The summed E-state index contributed by atoms with van der Waals surface area (Å²) in [5.41, 5.74) is 1.41. The van der Waals surface area contributed by atoms with Crippen molar-refractivity contribution in [2.45, 2.75) is 117 Å². The van der Waals surface area contributed by atoms with Crippen molar-refractivity contribution in [1.29, 1.82) is 0 Å². The molecular weight excluding hydrogens is 414 g/mol. The number of carbonyl (C=O) groups excluding carboxylic acids is 2. The molecule has 0 aliphatic heterocycles. The second-order valence-corrected chi connectivity index (χ2v) is 8.90. The number of rotatable bonds is 20. The average Bonchev–Trinajstić information content (AvgIpc) is 2.82. The first kappa shape index (κ1) is 29.0. The number of hydrogen-bond acceptors (Lipinski definition) is 5. The molecule has 0 radical (unpaired) electrons. The molecule has 0 spiro atoms. The summed E-state index contributed by atoms with van der Waals surface area (Å²) in [6, 6.07) is 7.17. The fraction of sp³-hybridized carbons (Fsp3) is 0.714. The Kier molecular flexibility index (Phi) is 17.1. The van der Waals surface area contributed by atoms with Crippen molar-refractivity contribution < 1.29 is 19.1 Å². The van der Waals surface area contributed by atoms with Crippen LogP contribution in [0.5, 0.6) is 0 Å². The molecule has 5 nitrogen and oxygen atoms in total. The standard InChI is InChI=1S/C28H47NO4/c1-4-6-7-8-9-10-11-12-13-14-15-16-17-18-23-29-26-21-19-25(20-22-26)28(31)33-24(3)27(30)32-5-2/h19-22,24,29H,4-18,23H2,1-3H3. The van der Waals surface area contributed by atoms with Crippen molar-refractivity contribution in [1.82, 2.24) is 0 Å². The van der Waals surface area contributed by atoms with E-state index in [1.54, 1.807) is 19.1 Å². The second kappa shape index (κ2) is 19.4. The second-order valence-electron chi connectivity index (χ2n) is 8.90. The van der Waals surface area contributed by atoms with Gasteiger partial charge >= 0.3 is 11.9 Å². The molecule has 0 fully saturated rings. The van der Waals surface area contributed by atoms with E-state index in [1.807, 2.05) is 12.1 Å². The van der Waals surface area contributed by atoms with Crippen molar-refractivity contribution in [3.05, 3.63) is 29.8 Å². The molecule has 1 unspecified atom stereocenters. The number of unbranched alkanes of at least 4 members (excludes halogenated alkanes) is 13. The molecule has 0 heterocycles. The van der Waals surface area contributed by atoms with E-state index in [0.29, 0.717) is 5.56 Å². The number of esters is 2. The van der Waals surface area contributed by atoms with Crippen molar-refractivity contribution in [2.75, 3.05) is 18.5 Å². The van der Waals surface area contributed by atoms with E-state index in [9.17, 15) is 9.59 Å². The molecule has 1 aromatic carbocycles. The van der Waals surface area contributed by atoms with Crippen LogP contribution in [0.1, 0.15) is 121 Å². The largest absolute Gasteiger partial charge is 0.463 e. The molecule has 1 rings (SSSR count). The number of benzene rings is 1. The highest BCUT2D eigenvalue weighted by atomic mass is 16.6. The third kappa shape index (κ3) is 14.7. The molecule has 0 bridgehead atoms. The summed E-state index contributed by atoms with van der Waals surface area (Å²) < 4.78 is 10.00. The molecule has 1 atom stereocenters. The summed E-state index contributed by atoms with van der Waals surface area (Å²) >= 11 is 0. The zero-order chi connectivity index (χ0) is 24.2. The summed E-state index contributed by atoms with van der Waals surface area (Å²) in [5.74, 6) is -1.05. The SMILES string of the molecule is CCCCCCCCCCCCCCCCNc1ccc(C(=O)OC(C)C(=O)OCC)cc1. The Bertz CT molecular complexity index is 629. The first-order valence-electron chi connectivity index (χ1n) is 13.3. The van der Waals surface area contributed by atoms with Crippen molar-refractivity contribution in [3.8, 4) is 0 Å². The van der Waals surface area contributed by atoms with Crippen LogP contribution in [0.25, 0.3) is 0 Å². The van der Waals surface area contributed by atoms with Gasteiger partial charge < -0.3 is 14.8 Å². The van der Waals surface area contributed by atoms with E-state index in [1.165, 1.54) is 90.4 Å². The zero-order valence-electron chi connectivity index (χ0n) is 21.3. The van der Waals surface area contributed by atoms with Crippen LogP contribution >= 0.6 is 0 Å². The molecule has 0 saturated carbocycles. The van der Waals surface area contributed by atoms with E-state index in [0.717, 1.165) is 18.7 Å². The Hall–Kier alpha value is -2.04. The van der Waals surface area contributed by atoms with Crippen LogP contribution in [0.15, 0.2) is 24.3 Å². The lowest BCUT2D eigenvalue weighted by Crippen LogP contribution is -2.26. The van der Waals surface area contributed by atoms with Gasteiger partial charge in [-0.2, -0.15) is 0 Å². The van der Waals surface area contributed by atoms with Crippen molar-refractivity contribution in [2.24, 2.45) is 0 Å². The van der Waals surface area contributed by atoms with Crippen molar-refractivity contribution >= 4 is 17.6 Å². The van der Waals surface area contributed by atoms with Gasteiger partial charge in [-0.3, -0.25) is 0 Å². The first-order chi connectivity index (χ1) is 16.1. The maximum atomic E-state index is 12.1. The fourth-order valence-electron chi connectivity index (χ4n) is 3.81. The third-order valence-electron chi connectivity index (χ3n) is 5.88. The van der Waals surface area contributed by atoms with Crippen LogP contribution in [0.3, 0.4) is 0 Å². The summed E-state index contributed by atoms with van der Waals surface area (Å²) in [6.45, 7) is 6.71. The van der Waals surface area contributed by atoms with E-state index in [-0.39, 0.29) is 6.61 Å². The predicted molar refractivity (Wildman–Crippen MR) is 137 cm³/mol. The van der Waals surface area contributed by atoms with Gasteiger partial charge in [-0.25, -0.2) is 9.59 Å². The topological polar surface area (TPSA) is 64.6 Å². The van der Waals surface area contributed by atoms with Gasteiger partial charge in [0.2, 0.25) is 0 Å². The highest BCUT2D eigenvalue weighted by Crippen LogP contribution is 2.14. The molecule has 0 saturated heterocycles. The molecule has 33 heavy (non-hydrogen) atoms.